The fourth-order valence-corrected chi connectivity index (χ4v) is 2.62. The number of fused-ring (bicyclic) bond motifs is 1. The van der Waals surface area contributed by atoms with Crippen LogP contribution in [0.25, 0.3) is 10.9 Å². The van der Waals surface area contributed by atoms with Crippen LogP contribution < -0.4 is 0 Å². The molecule has 1 aliphatic rings. The zero-order valence-corrected chi connectivity index (χ0v) is 9.76. The van der Waals surface area contributed by atoms with Gasteiger partial charge in [-0.25, -0.2) is 8.78 Å². The Morgan fingerprint density at radius 2 is 2.12 bits per heavy atom. The normalized spacial score (nSPS) is 21.9. The van der Waals surface area contributed by atoms with Crippen LogP contribution in [0.3, 0.4) is 0 Å². The van der Waals surface area contributed by atoms with Crippen molar-refractivity contribution in [1.82, 2.24) is 4.98 Å². The van der Waals surface area contributed by atoms with E-state index in [-0.39, 0.29) is 6.42 Å². The van der Waals surface area contributed by atoms with Gasteiger partial charge >= 0.3 is 0 Å². The van der Waals surface area contributed by atoms with Gasteiger partial charge in [-0.2, -0.15) is 0 Å². The maximum absolute atomic E-state index is 13.2. The van der Waals surface area contributed by atoms with E-state index in [1.54, 1.807) is 0 Å². The zero-order chi connectivity index (χ0) is 12.0. The highest BCUT2D eigenvalue weighted by molar-refractivity contribution is 5.84. The summed E-state index contributed by atoms with van der Waals surface area (Å²) in [4.78, 5) is 3.14. The number of aromatic amines is 1. The SMILES string of the molecule is CCCc1c(C2CC2(F)F)ccc2[nH]ccc12. The second-order valence-electron chi connectivity index (χ2n) is 4.84. The molecule has 3 rings (SSSR count). The minimum absolute atomic E-state index is 0.0135. The highest BCUT2D eigenvalue weighted by Gasteiger charge is 2.58. The van der Waals surface area contributed by atoms with E-state index in [2.05, 4.69) is 11.9 Å². The Morgan fingerprint density at radius 3 is 2.76 bits per heavy atom. The first-order chi connectivity index (χ1) is 8.13. The van der Waals surface area contributed by atoms with Crippen molar-refractivity contribution in [2.24, 2.45) is 0 Å². The fourth-order valence-electron chi connectivity index (χ4n) is 2.62. The molecule has 1 aromatic heterocycles. The highest BCUT2D eigenvalue weighted by atomic mass is 19.3. The second-order valence-corrected chi connectivity index (χ2v) is 4.84. The van der Waals surface area contributed by atoms with E-state index in [0.29, 0.717) is 0 Å². The maximum atomic E-state index is 13.2. The molecule has 1 fully saturated rings. The molecule has 2 aromatic rings. The lowest BCUT2D eigenvalue weighted by atomic mass is 9.96. The number of alkyl halides is 2. The predicted molar refractivity (Wildman–Crippen MR) is 64.6 cm³/mol. The Hall–Kier alpha value is -1.38. The molecule has 90 valence electrons. The number of H-pyrrole nitrogens is 1. The van der Waals surface area contributed by atoms with Crippen LogP contribution in [0.2, 0.25) is 0 Å². The van der Waals surface area contributed by atoms with E-state index in [1.807, 2.05) is 24.4 Å². The fraction of sp³-hybridized carbons (Fsp3) is 0.429. The molecule has 3 heteroatoms. The lowest BCUT2D eigenvalue weighted by Crippen LogP contribution is -1.98. The van der Waals surface area contributed by atoms with Crippen LogP contribution in [0, 0.1) is 0 Å². The number of benzene rings is 1. The van der Waals surface area contributed by atoms with Crippen molar-refractivity contribution in [3.05, 3.63) is 35.5 Å². The van der Waals surface area contributed by atoms with Crippen molar-refractivity contribution >= 4 is 10.9 Å². The van der Waals surface area contributed by atoms with E-state index in [0.717, 1.165) is 34.9 Å². The van der Waals surface area contributed by atoms with Gasteiger partial charge in [0.2, 0.25) is 0 Å². The van der Waals surface area contributed by atoms with Gasteiger partial charge in [-0.1, -0.05) is 19.4 Å². The van der Waals surface area contributed by atoms with Gasteiger partial charge in [0, 0.05) is 23.5 Å². The van der Waals surface area contributed by atoms with Gasteiger partial charge in [0.05, 0.1) is 5.92 Å². The first-order valence-electron chi connectivity index (χ1n) is 6.10. The quantitative estimate of drug-likeness (QED) is 0.818. The number of aryl methyl sites for hydroxylation is 1. The van der Waals surface area contributed by atoms with Crippen molar-refractivity contribution < 1.29 is 8.78 Å². The lowest BCUT2D eigenvalue weighted by molar-refractivity contribution is 0.112. The van der Waals surface area contributed by atoms with Crippen LogP contribution in [0.4, 0.5) is 8.78 Å². The number of aromatic nitrogens is 1. The molecular formula is C14H15F2N. The molecular weight excluding hydrogens is 220 g/mol. The number of hydrogen-bond donors (Lipinski definition) is 1. The number of nitrogens with one attached hydrogen (secondary N) is 1. The second kappa shape index (κ2) is 3.56. The van der Waals surface area contributed by atoms with Crippen LogP contribution >= 0.6 is 0 Å². The van der Waals surface area contributed by atoms with Gasteiger partial charge < -0.3 is 4.98 Å². The number of rotatable bonds is 3. The largest absolute Gasteiger partial charge is 0.361 e. The minimum Gasteiger partial charge on any atom is -0.361 e. The van der Waals surface area contributed by atoms with E-state index in [1.165, 1.54) is 0 Å². The van der Waals surface area contributed by atoms with Gasteiger partial charge in [-0.3, -0.25) is 0 Å². The Balaban J connectivity index is 2.13. The molecule has 1 N–H and O–H groups in total. The smallest absolute Gasteiger partial charge is 0.255 e. The summed E-state index contributed by atoms with van der Waals surface area (Å²) in [6, 6.07) is 5.78. The predicted octanol–water partition coefficient (Wildman–Crippen LogP) is 4.24. The van der Waals surface area contributed by atoms with Crippen molar-refractivity contribution in [2.75, 3.05) is 0 Å². The molecule has 0 bridgehead atoms. The number of halogens is 2. The minimum atomic E-state index is -2.48. The van der Waals surface area contributed by atoms with Crippen LogP contribution in [-0.2, 0) is 6.42 Å². The van der Waals surface area contributed by atoms with Gasteiger partial charge in [-0.05, 0) is 29.7 Å². The maximum Gasteiger partial charge on any atom is 0.255 e. The molecule has 1 aliphatic carbocycles. The molecule has 0 saturated heterocycles. The van der Waals surface area contributed by atoms with E-state index in [4.69, 9.17) is 0 Å². The van der Waals surface area contributed by atoms with Crippen molar-refractivity contribution in [3.8, 4) is 0 Å². The Morgan fingerprint density at radius 1 is 1.35 bits per heavy atom. The molecule has 1 saturated carbocycles. The number of hydrogen-bond acceptors (Lipinski definition) is 0. The molecule has 1 atom stereocenters. The molecule has 0 spiro atoms. The van der Waals surface area contributed by atoms with Crippen molar-refractivity contribution in [3.63, 3.8) is 0 Å². The summed E-state index contributed by atoms with van der Waals surface area (Å²) >= 11 is 0. The molecule has 1 nitrogen and oxygen atoms in total. The zero-order valence-electron chi connectivity index (χ0n) is 9.76. The van der Waals surface area contributed by atoms with E-state index >= 15 is 0 Å². The summed E-state index contributed by atoms with van der Waals surface area (Å²) < 4.78 is 26.4. The molecule has 1 heterocycles. The Kier molecular flexibility index (Phi) is 2.25. The molecule has 17 heavy (non-hydrogen) atoms. The first kappa shape index (κ1) is 10.8. The monoisotopic (exact) mass is 235 g/mol. The van der Waals surface area contributed by atoms with Crippen LogP contribution in [0.1, 0.15) is 36.8 Å². The molecule has 1 aromatic carbocycles. The average Bonchev–Trinajstić information content (AvgIpc) is 2.75. The van der Waals surface area contributed by atoms with Crippen LogP contribution in [0.5, 0.6) is 0 Å². The van der Waals surface area contributed by atoms with Gasteiger partial charge in [-0.15, -0.1) is 0 Å². The van der Waals surface area contributed by atoms with Crippen LogP contribution in [-0.4, -0.2) is 10.9 Å². The van der Waals surface area contributed by atoms with Crippen molar-refractivity contribution in [1.29, 1.82) is 0 Å². The van der Waals surface area contributed by atoms with Gasteiger partial charge in [0.1, 0.15) is 0 Å². The van der Waals surface area contributed by atoms with Gasteiger partial charge in [0.15, 0.2) is 0 Å². The first-order valence-corrected chi connectivity index (χ1v) is 6.10. The summed E-state index contributed by atoms with van der Waals surface area (Å²) in [5, 5.41) is 1.10. The summed E-state index contributed by atoms with van der Waals surface area (Å²) in [6.45, 7) is 2.08. The Labute approximate surface area is 98.8 Å². The highest BCUT2D eigenvalue weighted by Crippen LogP contribution is 2.57. The third-order valence-corrected chi connectivity index (χ3v) is 3.58. The van der Waals surface area contributed by atoms with E-state index < -0.39 is 11.8 Å². The third-order valence-electron chi connectivity index (χ3n) is 3.58. The lowest BCUT2D eigenvalue weighted by Gasteiger charge is -2.10. The molecule has 0 amide bonds. The van der Waals surface area contributed by atoms with Crippen LogP contribution in [0.15, 0.2) is 24.4 Å². The standard InChI is InChI=1S/C14H15F2N/c1-2-3-9-10(12-8-14(12,15)16)4-5-13-11(9)6-7-17-13/h4-7,12,17H,2-3,8H2,1H3. The topological polar surface area (TPSA) is 15.8 Å². The summed E-state index contributed by atoms with van der Waals surface area (Å²) in [5.41, 5.74) is 3.00. The van der Waals surface area contributed by atoms with Crippen molar-refractivity contribution in [2.45, 2.75) is 38.0 Å². The summed E-state index contributed by atoms with van der Waals surface area (Å²) in [5.74, 6) is -3.03. The molecule has 0 aliphatic heterocycles. The molecule has 0 radical (unpaired) electrons. The van der Waals surface area contributed by atoms with Gasteiger partial charge in [0.25, 0.3) is 5.92 Å². The van der Waals surface area contributed by atoms with E-state index in [9.17, 15) is 8.78 Å². The summed E-state index contributed by atoms with van der Waals surface area (Å²) in [6.07, 6.45) is 3.74. The summed E-state index contributed by atoms with van der Waals surface area (Å²) in [7, 11) is 0. The Bertz CT molecular complexity index is 556. The average molecular weight is 235 g/mol. The molecule has 1 unspecified atom stereocenters. The third kappa shape index (κ3) is 1.65.